The second-order valence-electron chi connectivity index (χ2n) is 4.41. The Morgan fingerprint density at radius 2 is 1.89 bits per heavy atom. The summed E-state index contributed by atoms with van der Waals surface area (Å²) in [6, 6.07) is 9.84. The van der Waals surface area contributed by atoms with E-state index >= 15 is 0 Å². The summed E-state index contributed by atoms with van der Waals surface area (Å²) in [5, 5.41) is 11.3. The molecule has 19 heavy (non-hydrogen) atoms. The average molecular weight is 265 g/mol. The number of ether oxygens (including phenoxy) is 1. The van der Waals surface area contributed by atoms with Gasteiger partial charge in [0.05, 0.1) is 0 Å². The Kier molecular flexibility index (Phi) is 6.02. The van der Waals surface area contributed by atoms with Gasteiger partial charge < -0.3 is 15.2 Å². The maximum atomic E-state index is 11.5. The first-order valence-corrected chi connectivity index (χ1v) is 6.16. The predicted molar refractivity (Wildman–Crippen MR) is 70.9 cm³/mol. The Bertz CT molecular complexity index is 419. The van der Waals surface area contributed by atoms with Gasteiger partial charge in [0.1, 0.15) is 6.61 Å². The Morgan fingerprint density at radius 3 is 2.47 bits per heavy atom. The molecule has 0 saturated carbocycles. The summed E-state index contributed by atoms with van der Waals surface area (Å²) in [5.74, 6) is -1.19. The molecule has 1 aromatic carbocycles. The molecule has 1 amide bonds. The van der Waals surface area contributed by atoms with Crippen molar-refractivity contribution in [3.8, 4) is 0 Å². The Labute approximate surface area is 112 Å². The molecule has 0 spiro atoms. The molecular formula is C14H19NO4. The summed E-state index contributed by atoms with van der Waals surface area (Å²) in [5.41, 5.74) is 1.14. The molecule has 104 valence electrons. The van der Waals surface area contributed by atoms with Crippen LogP contribution in [0.4, 0.5) is 0 Å². The van der Waals surface area contributed by atoms with Crippen LogP contribution in [0.3, 0.4) is 0 Å². The molecule has 0 saturated heterocycles. The minimum absolute atomic E-state index is 0.196. The van der Waals surface area contributed by atoms with Gasteiger partial charge in [0.2, 0.25) is 5.91 Å². The fourth-order valence-electron chi connectivity index (χ4n) is 1.49. The van der Waals surface area contributed by atoms with E-state index in [1.165, 1.54) is 6.92 Å². The van der Waals surface area contributed by atoms with Crippen LogP contribution in [0.25, 0.3) is 0 Å². The first kappa shape index (κ1) is 15.2. The van der Waals surface area contributed by atoms with Crippen LogP contribution >= 0.6 is 0 Å². The monoisotopic (exact) mass is 265 g/mol. The van der Waals surface area contributed by atoms with Crippen molar-refractivity contribution in [2.75, 3.05) is 13.2 Å². The van der Waals surface area contributed by atoms with E-state index in [0.717, 1.165) is 5.56 Å². The van der Waals surface area contributed by atoms with E-state index in [0.29, 0.717) is 6.54 Å². The lowest BCUT2D eigenvalue weighted by Gasteiger charge is -2.13. The summed E-state index contributed by atoms with van der Waals surface area (Å²) in [6.45, 7) is 3.65. The number of carboxylic acids is 1. The maximum Gasteiger partial charge on any atom is 0.332 e. The SMILES string of the molecule is CC(CNC(=O)CO[C@@H](C)C(=O)O)c1ccccc1. The molecule has 1 rings (SSSR count). The summed E-state index contributed by atoms with van der Waals surface area (Å²) >= 11 is 0. The maximum absolute atomic E-state index is 11.5. The lowest BCUT2D eigenvalue weighted by molar-refractivity contribution is -0.150. The van der Waals surface area contributed by atoms with E-state index in [2.05, 4.69) is 5.32 Å². The highest BCUT2D eigenvalue weighted by molar-refractivity contribution is 5.78. The summed E-state index contributed by atoms with van der Waals surface area (Å²) in [4.78, 5) is 22.0. The molecule has 0 bridgehead atoms. The number of carboxylic acid groups (broad SMARTS) is 1. The summed E-state index contributed by atoms with van der Waals surface area (Å²) < 4.78 is 4.89. The topological polar surface area (TPSA) is 75.6 Å². The predicted octanol–water partition coefficient (Wildman–Crippen LogP) is 1.40. The minimum Gasteiger partial charge on any atom is -0.479 e. The van der Waals surface area contributed by atoms with Gasteiger partial charge in [-0.25, -0.2) is 4.79 Å². The van der Waals surface area contributed by atoms with Crippen LogP contribution in [0.5, 0.6) is 0 Å². The van der Waals surface area contributed by atoms with E-state index in [1.807, 2.05) is 37.3 Å². The van der Waals surface area contributed by atoms with E-state index < -0.39 is 12.1 Å². The third-order valence-electron chi connectivity index (χ3n) is 2.79. The van der Waals surface area contributed by atoms with Crippen molar-refractivity contribution in [2.45, 2.75) is 25.9 Å². The third-order valence-corrected chi connectivity index (χ3v) is 2.79. The van der Waals surface area contributed by atoms with Crippen molar-refractivity contribution in [1.82, 2.24) is 5.32 Å². The van der Waals surface area contributed by atoms with Crippen LogP contribution in [0.2, 0.25) is 0 Å². The molecule has 0 aliphatic rings. The Hall–Kier alpha value is -1.88. The van der Waals surface area contributed by atoms with Crippen LogP contribution in [0.15, 0.2) is 30.3 Å². The van der Waals surface area contributed by atoms with Gasteiger partial charge in [0.25, 0.3) is 0 Å². The molecule has 1 unspecified atom stereocenters. The summed E-state index contributed by atoms with van der Waals surface area (Å²) in [6.07, 6.45) is -0.975. The highest BCUT2D eigenvalue weighted by Crippen LogP contribution is 2.12. The fraction of sp³-hybridized carbons (Fsp3) is 0.429. The van der Waals surface area contributed by atoms with Gasteiger partial charge in [-0.15, -0.1) is 0 Å². The number of hydrogen-bond donors (Lipinski definition) is 2. The number of hydrogen-bond acceptors (Lipinski definition) is 3. The molecule has 1 aromatic rings. The Balaban J connectivity index is 2.29. The molecule has 5 nitrogen and oxygen atoms in total. The number of nitrogens with one attached hydrogen (secondary N) is 1. The quantitative estimate of drug-likeness (QED) is 0.781. The zero-order chi connectivity index (χ0) is 14.3. The van der Waals surface area contributed by atoms with Crippen LogP contribution in [0, 0.1) is 0 Å². The zero-order valence-corrected chi connectivity index (χ0v) is 11.1. The van der Waals surface area contributed by atoms with Crippen molar-refractivity contribution in [3.63, 3.8) is 0 Å². The lowest BCUT2D eigenvalue weighted by Crippen LogP contribution is -2.33. The van der Waals surface area contributed by atoms with E-state index in [4.69, 9.17) is 9.84 Å². The van der Waals surface area contributed by atoms with Gasteiger partial charge >= 0.3 is 5.97 Å². The molecule has 5 heteroatoms. The standard InChI is InChI=1S/C14H19NO4/c1-10(12-6-4-3-5-7-12)8-15-13(16)9-19-11(2)14(17)18/h3-7,10-11H,8-9H2,1-2H3,(H,15,16)(H,17,18)/t10?,11-/m0/s1. The molecule has 0 aliphatic heterocycles. The second-order valence-corrected chi connectivity index (χ2v) is 4.41. The number of carbonyl (C=O) groups excluding carboxylic acids is 1. The molecule has 0 radical (unpaired) electrons. The van der Waals surface area contributed by atoms with E-state index in [1.54, 1.807) is 0 Å². The van der Waals surface area contributed by atoms with E-state index in [-0.39, 0.29) is 18.4 Å². The lowest BCUT2D eigenvalue weighted by atomic mass is 10.0. The van der Waals surface area contributed by atoms with Crippen LogP contribution in [-0.4, -0.2) is 36.2 Å². The molecule has 0 aromatic heterocycles. The van der Waals surface area contributed by atoms with Gasteiger partial charge in [-0.1, -0.05) is 37.3 Å². The van der Waals surface area contributed by atoms with Crippen molar-refractivity contribution in [3.05, 3.63) is 35.9 Å². The number of aliphatic carboxylic acids is 1. The van der Waals surface area contributed by atoms with Crippen molar-refractivity contribution in [2.24, 2.45) is 0 Å². The van der Waals surface area contributed by atoms with Gasteiger partial charge in [-0.2, -0.15) is 0 Å². The number of rotatable bonds is 7. The van der Waals surface area contributed by atoms with Crippen LogP contribution in [-0.2, 0) is 14.3 Å². The van der Waals surface area contributed by atoms with Crippen molar-refractivity contribution >= 4 is 11.9 Å². The van der Waals surface area contributed by atoms with E-state index in [9.17, 15) is 9.59 Å². The molecule has 0 aliphatic carbocycles. The second kappa shape index (κ2) is 7.53. The Morgan fingerprint density at radius 1 is 1.26 bits per heavy atom. The van der Waals surface area contributed by atoms with Crippen LogP contribution in [0.1, 0.15) is 25.3 Å². The highest BCUT2D eigenvalue weighted by Gasteiger charge is 2.13. The first-order valence-electron chi connectivity index (χ1n) is 6.16. The molecular weight excluding hydrogens is 246 g/mol. The average Bonchev–Trinajstić information content (AvgIpc) is 2.42. The molecule has 0 heterocycles. The minimum atomic E-state index is -1.08. The number of amides is 1. The molecule has 2 N–H and O–H groups in total. The largest absolute Gasteiger partial charge is 0.479 e. The van der Waals surface area contributed by atoms with Gasteiger partial charge in [0, 0.05) is 6.54 Å². The summed E-state index contributed by atoms with van der Waals surface area (Å²) in [7, 11) is 0. The fourth-order valence-corrected chi connectivity index (χ4v) is 1.49. The van der Waals surface area contributed by atoms with Crippen molar-refractivity contribution < 1.29 is 19.4 Å². The molecule has 0 fully saturated rings. The number of benzene rings is 1. The first-order chi connectivity index (χ1) is 9.00. The van der Waals surface area contributed by atoms with Gasteiger partial charge in [0.15, 0.2) is 6.10 Å². The molecule has 2 atom stereocenters. The zero-order valence-electron chi connectivity index (χ0n) is 11.1. The third kappa shape index (κ3) is 5.52. The van der Waals surface area contributed by atoms with Gasteiger partial charge in [-0.05, 0) is 18.4 Å². The smallest absolute Gasteiger partial charge is 0.332 e. The normalized spacial score (nSPS) is 13.6. The number of carbonyl (C=O) groups is 2. The van der Waals surface area contributed by atoms with Gasteiger partial charge in [-0.3, -0.25) is 4.79 Å². The van der Waals surface area contributed by atoms with Crippen molar-refractivity contribution in [1.29, 1.82) is 0 Å². The highest BCUT2D eigenvalue weighted by atomic mass is 16.5. The van der Waals surface area contributed by atoms with Crippen LogP contribution < -0.4 is 5.32 Å².